The number of nitrogens with two attached hydrogens (primary N) is 1. The summed E-state index contributed by atoms with van der Waals surface area (Å²) in [6.07, 6.45) is 5.41. The van der Waals surface area contributed by atoms with Gasteiger partial charge >= 0.3 is 0 Å². The van der Waals surface area contributed by atoms with E-state index in [4.69, 9.17) is 18.0 Å². The highest BCUT2D eigenvalue weighted by molar-refractivity contribution is 7.80. The van der Waals surface area contributed by atoms with E-state index in [2.05, 4.69) is 31.0 Å². The smallest absolute Gasteiger partial charge is 0.103 e. The van der Waals surface area contributed by atoms with Gasteiger partial charge in [-0.3, -0.25) is 4.90 Å². The molecule has 2 rings (SSSR count). The Labute approximate surface area is 122 Å². The molecule has 1 fully saturated rings. The maximum absolute atomic E-state index is 5.62. The van der Waals surface area contributed by atoms with Crippen LogP contribution in [-0.4, -0.2) is 23.0 Å². The van der Waals surface area contributed by atoms with Crippen molar-refractivity contribution < 1.29 is 0 Å². The summed E-state index contributed by atoms with van der Waals surface area (Å²) in [5.74, 6) is 0.912. The van der Waals surface area contributed by atoms with Crippen molar-refractivity contribution in [1.29, 1.82) is 0 Å². The number of hydrogen-bond donors (Lipinski definition) is 1. The van der Waals surface area contributed by atoms with Crippen molar-refractivity contribution in [2.45, 2.75) is 45.2 Å². The molecule has 0 unspecified atom stereocenters. The number of rotatable bonds is 4. The maximum Gasteiger partial charge on any atom is 0.103 e. The van der Waals surface area contributed by atoms with Crippen LogP contribution in [0, 0.1) is 5.92 Å². The molecule has 2 N–H and O–H groups in total. The topological polar surface area (TPSA) is 29.3 Å². The molecule has 0 heterocycles. The third-order valence-corrected chi connectivity index (χ3v) is 4.51. The molecule has 104 valence electrons. The fraction of sp³-hybridized carbons (Fsp3) is 0.562. The van der Waals surface area contributed by atoms with Crippen LogP contribution < -0.4 is 5.73 Å². The van der Waals surface area contributed by atoms with Gasteiger partial charge in [0.2, 0.25) is 0 Å². The second kappa shape index (κ2) is 6.49. The van der Waals surface area contributed by atoms with Crippen molar-refractivity contribution in [3.63, 3.8) is 0 Å². The Kier molecular flexibility index (Phi) is 4.94. The van der Waals surface area contributed by atoms with Gasteiger partial charge in [-0.2, -0.15) is 0 Å². The Morgan fingerprint density at radius 2 is 1.79 bits per heavy atom. The van der Waals surface area contributed by atoms with Crippen LogP contribution >= 0.6 is 12.2 Å². The molecule has 3 heteroatoms. The van der Waals surface area contributed by atoms with Crippen LogP contribution in [0.4, 0.5) is 0 Å². The number of thiocarbonyl (C=S) groups is 1. The molecule has 0 spiro atoms. The maximum atomic E-state index is 5.62. The van der Waals surface area contributed by atoms with Gasteiger partial charge in [0.25, 0.3) is 0 Å². The Morgan fingerprint density at radius 1 is 1.21 bits per heavy atom. The third-order valence-electron chi connectivity index (χ3n) is 4.28. The molecule has 19 heavy (non-hydrogen) atoms. The largest absolute Gasteiger partial charge is 0.389 e. The zero-order valence-corrected chi connectivity index (χ0v) is 12.7. The summed E-state index contributed by atoms with van der Waals surface area (Å²) >= 11 is 4.97. The standard InChI is InChI=1S/C16H24N2S/c1-12-3-9-15(10-4-12)18(2)11-13-5-7-14(8-6-13)16(17)19/h5-8,12,15H,3-4,9-11H2,1-2H3,(H2,17,19). The van der Waals surface area contributed by atoms with Crippen molar-refractivity contribution in [3.05, 3.63) is 35.4 Å². The summed E-state index contributed by atoms with van der Waals surface area (Å²) in [5, 5.41) is 0. The van der Waals surface area contributed by atoms with E-state index < -0.39 is 0 Å². The minimum Gasteiger partial charge on any atom is -0.389 e. The summed E-state index contributed by atoms with van der Waals surface area (Å²) < 4.78 is 0. The molecule has 0 saturated heterocycles. The highest BCUT2D eigenvalue weighted by Crippen LogP contribution is 2.27. The van der Waals surface area contributed by atoms with Gasteiger partial charge in [-0.15, -0.1) is 0 Å². The molecule has 1 aliphatic carbocycles. The highest BCUT2D eigenvalue weighted by Gasteiger charge is 2.21. The Balaban J connectivity index is 1.91. The van der Waals surface area contributed by atoms with E-state index in [1.165, 1.54) is 31.2 Å². The Hall–Kier alpha value is -0.930. The molecular weight excluding hydrogens is 252 g/mol. The Bertz CT molecular complexity index is 419. The summed E-state index contributed by atoms with van der Waals surface area (Å²) in [4.78, 5) is 2.96. The lowest BCUT2D eigenvalue weighted by atomic mass is 9.86. The molecular formula is C16H24N2S. The number of nitrogens with zero attached hydrogens (tertiary/aromatic N) is 1. The van der Waals surface area contributed by atoms with Gasteiger partial charge in [-0.25, -0.2) is 0 Å². The molecule has 0 amide bonds. The predicted molar refractivity (Wildman–Crippen MR) is 85.2 cm³/mol. The van der Waals surface area contributed by atoms with E-state index in [0.717, 1.165) is 24.1 Å². The van der Waals surface area contributed by atoms with Crippen LogP contribution in [-0.2, 0) is 6.54 Å². The van der Waals surface area contributed by atoms with Gasteiger partial charge in [0.15, 0.2) is 0 Å². The first-order chi connectivity index (χ1) is 9.06. The Morgan fingerprint density at radius 3 is 2.32 bits per heavy atom. The predicted octanol–water partition coefficient (Wildman–Crippen LogP) is 3.33. The molecule has 1 aliphatic rings. The molecule has 0 aromatic heterocycles. The fourth-order valence-corrected chi connectivity index (χ4v) is 3.01. The molecule has 1 aromatic rings. The van der Waals surface area contributed by atoms with Gasteiger partial charge < -0.3 is 5.73 Å². The molecule has 2 nitrogen and oxygen atoms in total. The van der Waals surface area contributed by atoms with E-state index in [0.29, 0.717) is 4.99 Å². The van der Waals surface area contributed by atoms with Crippen molar-refractivity contribution in [2.75, 3.05) is 7.05 Å². The first-order valence-corrected chi connectivity index (χ1v) is 7.56. The zero-order valence-electron chi connectivity index (χ0n) is 11.9. The van der Waals surface area contributed by atoms with Crippen molar-refractivity contribution in [3.8, 4) is 0 Å². The van der Waals surface area contributed by atoms with Crippen LogP contribution in [0.25, 0.3) is 0 Å². The average Bonchev–Trinajstić information content (AvgIpc) is 2.40. The molecule has 0 radical (unpaired) electrons. The SMILES string of the molecule is CC1CCC(N(C)Cc2ccc(C(N)=S)cc2)CC1. The quantitative estimate of drug-likeness (QED) is 0.855. The van der Waals surface area contributed by atoms with Gasteiger partial charge in [0.1, 0.15) is 4.99 Å². The van der Waals surface area contributed by atoms with E-state index in [1.807, 2.05) is 12.1 Å². The van der Waals surface area contributed by atoms with E-state index in [9.17, 15) is 0 Å². The number of benzene rings is 1. The van der Waals surface area contributed by atoms with Crippen molar-refractivity contribution in [2.24, 2.45) is 11.7 Å². The minimum absolute atomic E-state index is 0.473. The summed E-state index contributed by atoms with van der Waals surface area (Å²) in [6, 6.07) is 9.06. The average molecular weight is 276 g/mol. The number of hydrogen-bond acceptors (Lipinski definition) is 2. The zero-order chi connectivity index (χ0) is 13.8. The van der Waals surface area contributed by atoms with Crippen molar-refractivity contribution in [1.82, 2.24) is 4.90 Å². The summed E-state index contributed by atoms with van der Waals surface area (Å²) in [7, 11) is 2.24. The molecule has 1 saturated carbocycles. The van der Waals surface area contributed by atoms with Gasteiger partial charge in [0, 0.05) is 18.2 Å². The lowest BCUT2D eigenvalue weighted by Gasteiger charge is -2.33. The van der Waals surface area contributed by atoms with Crippen molar-refractivity contribution >= 4 is 17.2 Å². The second-order valence-electron chi connectivity index (χ2n) is 5.89. The summed E-state index contributed by atoms with van der Waals surface area (Å²) in [5.41, 5.74) is 7.90. The fourth-order valence-electron chi connectivity index (χ4n) is 2.87. The van der Waals surface area contributed by atoms with Crippen LogP contribution in [0.3, 0.4) is 0 Å². The minimum atomic E-state index is 0.473. The lowest BCUT2D eigenvalue weighted by Crippen LogP contribution is -2.34. The van der Waals surface area contributed by atoms with Gasteiger partial charge in [-0.1, -0.05) is 43.4 Å². The monoisotopic (exact) mass is 276 g/mol. The van der Waals surface area contributed by atoms with Crippen LogP contribution in [0.2, 0.25) is 0 Å². The van der Waals surface area contributed by atoms with Gasteiger partial charge in [0.05, 0.1) is 0 Å². The van der Waals surface area contributed by atoms with E-state index >= 15 is 0 Å². The third kappa shape index (κ3) is 4.02. The first kappa shape index (κ1) is 14.5. The van der Waals surface area contributed by atoms with Gasteiger partial charge in [-0.05, 0) is 44.2 Å². The van der Waals surface area contributed by atoms with E-state index in [1.54, 1.807) is 0 Å². The highest BCUT2D eigenvalue weighted by atomic mass is 32.1. The molecule has 0 atom stereocenters. The van der Waals surface area contributed by atoms with Crippen LogP contribution in [0.5, 0.6) is 0 Å². The lowest BCUT2D eigenvalue weighted by molar-refractivity contribution is 0.164. The molecule has 1 aromatic carbocycles. The molecule has 0 aliphatic heterocycles. The summed E-state index contributed by atoms with van der Waals surface area (Å²) in [6.45, 7) is 3.38. The van der Waals surface area contributed by atoms with E-state index in [-0.39, 0.29) is 0 Å². The molecule has 0 bridgehead atoms. The first-order valence-electron chi connectivity index (χ1n) is 7.15. The second-order valence-corrected chi connectivity index (χ2v) is 6.33. The van der Waals surface area contributed by atoms with Crippen LogP contribution in [0.15, 0.2) is 24.3 Å². The normalized spacial score (nSPS) is 23.5. The van der Waals surface area contributed by atoms with Crippen LogP contribution in [0.1, 0.15) is 43.7 Å².